The van der Waals surface area contributed by atoms with Gasteiger partial charge in [-0.3, -0.25) is 9.59 Å². The molecule has 20 heavy (non-hydrogen) atoms. The van der Waals surface area contributed by atoms with Crippen LogP contribution in [0.25, 0.3) is 0 Å². The highest BCUT2D eigenvalue weighted by molar-refractivity contribution is 7.45. The van der Waals surface area contributed by atoms with Crippen molar-refractivity contribution in [1.29, 1.82) is 0 Å². The van der Waals surface area contributed by atoms with Gasteiger partial charge in [-0.15, -0.1) is 0 Å². The molecule has 0 unspecified atom stereocenters. The Bertz CT molecular complexity index is 235. The van der Waals surface area contributed by atoms with Gasteiger partial charge >= 0.3 is 19.8 Å². The quantitative estimate of drug-likeness (QED) is 0.244. The van der Waals surface area contributed by atoms with Crippen molar-refractivity contribution in [2.75, 3.05) is 0 Å². The molecule has 0 aromatic carbocycles. The van der Waals surface area contributed by atoms with Gasteiger partial charge in [0.1, 0.15) is 0 Å². The molecule has 13 nitrogen and oxygen atoms in total. The molecule has 0 saturated heterocycles. The molecule has 0 radical (unpaired) electrons. The number of phosphoric acid groups is 1. The summed E-state index contributed by atoms with van der Waals surface area (Å²) in [7, 11) is -4.64. The Labute approximate surface area is 116 Å². The van der Waals surface area contributed by atoms with Gasteiger partial charge in [-0.25, -0.2) is 4.57 Å². The fourth-order valence-corrected chi connectivity index (χ4v) is 0.552. The Balaban J connectivity index is -0.0000000303. The molecule has 0 aromatic rings. The van der Waals surface area contributed by atoms with Crippen molar-refractivity contribution in [2.45, 2.75) is 25.7 Å². The topological polar surface area (TPSA) is 327 Å². The predicted molar refractivity (Wildman–Crippen MR) is 73.1 cm³/mol. The number of aliphatic carboxylic acids is 2. The van der Waals surface area contributed by atoms with Gasteiger partial charge in [-0.1, -0.05) is 0 Å². The lowest BCUT2D eigenvalue weighted by atomic mass is 10.2. The Morgan fingerprint density at radius 1 is 0.700 bits per heavy atom. The fraction of sp³-hybridized carbons (Fsp3) is 0.667. The van der Waals surface area contributed by atoms with E-state index in [-0.39, 0.29) is 43.6 Å². The average molecular weight is 329 g/mol. The fourth-order valence-electron chi connectivity index (χ4n) is 0.552. The zero-order valence-electron chi connectivity index (χ0n) is 11.3. The maximum absolute atomic E-state index is 9.90. The summed E-state index contributed by atoms with van der Waals surface area (Å²) in [6.45, 7) is 0. The molecule has 0 rings (SSSR count). The van der Waals surface area contributed by atoms with Crippen molar-refractivity contribution in [3.63, 3.8) is 0 Å². The van der Waals surface area contributed by atoms with Crippen molar-refractivity contribution in [3.8, 4) is 0 Å². The van der Waals surface area contributed by atoms with Gasteiger partial charge in [0.2, 0.25) is 0 Å². The molecule has 130 valence electrons. The van der Waals surface area contributed by atoms with E-state index in [4.69, 9.17) is 29.5 Å². The van der Waals surface area contributed by atoms with E-state index >= 15 is 0 Å². The van der Waals surface area contributed by atoms with Crippen molar-refractivity contribution < 1.29 is 39.0 Å². The summed E-state index contributed by atoms with van der Waals surface area (Å²) in [5.41, 5.74) is 0. The molecule has 0 amide bonds. The Morgan fingerprint density at radius 2 is 0.850 bits per heavy atom. The molecule has 0 aromatic heterocycles. The highest BCUT2D eigenvalue weighted by Gasteiger charge is 2.00. The molecule has 20 N–H and O–H groups in total. The predicted octanol–water partition coefficient (Wildman–Crippen LogP) is 0.597. The second kappa shape index (κ2) is 23.0. The summed E-state index contributed by atoms with van der Waals surface area (Å²) in [5.74, 6) is -1.74. The van der Waals surface area contributed by atoms with Crippen LogP contribution in [0.2, 0.25) is 0 Å². The normalized spacial score (nSPS) is 7.55. The van der Waals surface area contributed by atoms with Gasteiger partial charge in [0.15, 0.2) is 0 Å². The van der Waals surface area contributed by atoms with Gasteiger partial charge in [-0.05, 0) is 12.8 Å². The lowest BCUT2D eigenvalue weighted by molar-refractivity contribution is -0.139. The van der Waals surface area contributed by atoms with E-state index in [9.17, 15) is 9.59 Å². The molecule has 14 heteroatoms. The minimum absolute atomic E-state index is 0. The number of carboxylic acids is 2. The number of hydrogen-bond donors (Lipinski definition) is 10. The SMILES string of the molecule is N.N.N.N.N.O=C(O)CCCCC(=O)O.O=P(O)(O)O. The van der Waals surface area contributed by atoms with Crippen LogP contribution in [-0.4, -0.2) is 36.8 Å². The number of carbonyl (C=O) groups is 2. The van der Waals surface area contributed by atoms with Crippen LogP contribution in [-0.2, 0) is 14.2 Å². The van der Waals surface area contributed by atoms with Crippen LogP contribution in [0.1, 0.15) is 25.7 Å². The van der Waals surface area contributed by atoms with Gasteiger partial charge in [0, 0.05) is 12.8 Å². The first-order chi connectivity index (χ1) is 6.63. The molecule has 0 atom stereocenters. The number of rotatable bonds is 5. The third kappa shape index (κ3) is 124. The van der Waals surface area contributed by atoms with Crippen LogP contribution >= 0.6 is 7.82 Å². The summed E-state index contributed by atoms with van der Waals surface area (Å²) >= 11 is 0. The summed E-state index contributed by atoms with van der Waals surface area (Å²) < 4.78 is 8.88. The Kier molecular flexibility index (Phi) is 49.1. The standard InChI is InChI=1S/C6H10O4.5H3N.H3O4P/c7-5(8)3-1-2-4-6(9)10;;;;;;1-5(2,3)4/h1-4H2,(H,7,8)(H,9,10);5*1H3;(H3,1,2,3,4). The number of carboxylic acid groups (broad SMARTS) is 2. The lowest BCUT2D eigenvalue weighted by Crippen LogP contribution is -1.97. The Hall–Kier alpha value is -1.15. The van der Waals surface area contributed by atoms with E-state index in [1.54, 1.807) is 0 Å². The molecule has 0 heterocycles. The summed E-state index contributed by atoms with van der Waals surface area (Å²) in [6.07, 6.45) is 1.02. The molecule has 0 fully saturated rings. The summed E-state index contributed by atoms with van der Waals surface area (Å²) in [5, 5.41) is 16.3. The highest BCUT2D eigenvalue weighted by Crippen LogP contribution is 2.25. The Morgan fingerprint density at radius 3 is 0.950 bits per heavy atom. The van der Waals surface area contributed by atoms with E-state index in [2.05, 4.69) is 0 Å². The molecule has 0 aliphatic carbocycles. The van der Waals surface area contributed by atoms with Gasteiger partial charge < -0.3 is 55.6 Å². The minimum Gasteiger partial charge on any atom is -0.481 e. The smallest absolute Gasteiger partial charge is 0.466 e. The molecule has 0 aliphatic rings. The van der Waals surface area contributed by atoms with Crippen molar-refractivity contribution in [2.24, 2.45) is 0 Å². The van der Waals surface area contributed by atoms with Crippen LogP contribution < -0.4 is 30.8 Å². The molecular formula is C6H28N5O8P. The van der Waals surface area contributed by atoms with E-state index in [0.29, 0.717) is 12.8 Å². The first kappa shape index (κ1) is 42.8. The maximum Gasteiger partial charge on any atom is 0.466 e. The van der Waals surface area contributed by atoms with Gasteiger partial charge in [-0.2, -0.15) is 0 Å². The number of unbranched alkanes of at least 4 members (excludes halogenated alkanes) is 1. The monoisotopic (exact) mass is 329 g/mol. The summed E-state index contributed by atoms with van der Waals surface area (Å²) in [6, 6.07) is 0. The highest BCUT2D eigenvalue weighted by atomic mass is 31.2. The first-order valence-corrected chi connectivity index (χ1v) is 5.41. The second-order valence-corrected chi connectivity index (χ2v) is 3.53. The zero-order valence-corrected chi connectivity index (χ0v) is 12.2. The van der Waals surface area contributed by atoms with Crippen LogP contribution in [0.4, 0.5) is 0 Å². The lowest BCUT2D eigenvalue weighted by Gasteiger charge is -1.92. The van der Waals surface area contributed by atoms with E-state index in [1.807, 2.05) is 0 Å². The molecule has 0 aliphatic heterocycles. The van der Waals surface area contributed by atoms with Crippen LogP contribution in [0.5, 0.6) is 0 Å². The zero-order chi connectivity index (χ0) is 12.5. The van der Waals surface area contributed by atoms with E-state index < -0.39 is 19.8 Å². The van der Waals surface area contributed by atoms with Crippen LogP contribution in [0, 0.1) is 0 Å². The molecular weight excluding hydrogens is 301 g/mol. The van der Waals surface area contributed by atoms with Gasteiger partial charge in [0.25, 0.3) is 0 Å². The summed E-state index contributed by atoms with van der Waals surface area (Å²) in [4.78, 5) is 41.4. The average Bonchev–Trinajstić information content (AvgIpc) is 1.94. The second-order valence-electron chi connectivity index (χ2n) is 2.51. The van der Waals surface area contributed by atoms with Crippen LogP contribution in [0.15, 0.2) is 0 Å². The molecule has 0 saturated carbocycles. The van der Waals surface area contributed by atoms with E-state index in [0.717, 1.165) is 0 Å². The third-order valence-corrected chi connectivity index (χ3v) is 1.03. The van der Waals surface area contributed by atoms with Gasteiger partial charge in [0.05, 0.1) is 0 Å². The molecule has 0 spiro atoms. The maximum atomic E-state index is 9.90. The molecule has 0 bridgehead atoms. The van der Waals surface area contributed by atoms with E-state index in [1.165, 1.54) is 0 Å². The van der Waals surface area contributed by atoms with Crippen molar-refractivity contribution in [1.82, 2.24) is 30.8 Å². The van der Waals surface area contributed by atoms with Crippen LogP contribution in [0.3, 0.4) is 0 Å². The first-order valence-electron chi connectivity index (χ1n) is 3.85. The van der Waals surface area contributed by atoms with Crippen molar-refractivity contribution in [3.05, 3.63) is 0 Å². The van der Waals surface area contributed by atoms with Crippen molar-refractivity contribution >= 4 is 19.8 Å². The number of hydrogen-bond acceptors (Lipinski definition) is 8. The largest absolute Gasteiger partial charge is 0.481 e. The minimum atomic E-state index is -4.64. The third-order valence-electron chi connectivity index (χ3n) is 1.03.